The van der Waals surface area contributed by atoms with E-state index in [0.717, 1.165) is 13.0 Å². The van der Waals surface area contributed by atoms with Crippen LogP contribution < -0.4 is 10.1 Å². The van der Waals surface area contributed by atoms with E-state index in [9.17, 15) is 8.42 Å². The number of rotatable bonds is 5. The molecule has 2 aliphatic heterocycles. The summed E-state index contributed by atoms with van der Waals surface area (Å²) < 4.78 is 39.2. The number of ether oxygens (including phenoxy) is 2. The zero-order valence-corrected chi connectivity index (χ0v) is 17.4. The fraction of sp³-hybridized carbons (Fsp3) is 0.647. The average Bonchev–Trinajstić information content (AvgIpc) is 3.09. The SMILES string of the molecule is CC1NCCN(S(=O)(=O)c2cc(Cl)ccc2OCC2CCOC2)C1C.Cl. The second-order valence-electron chi connectivity index (χ2n) is 6.73. The van der Waals surface area contributed by atoms with Gasteiger partial charge < -0.3 is 14.8 Å². The van der Waals surface area contributed by atoms with E-state index in [0.29, 0.717) is 43.0 Å². The molecule has 0 saturated carbocycles. The lowest BCUT2D eigenvalue weighted by molar-refractivity contribution is 0.166. The van der Waals surface area contributed by atoms with Crippen molar-refractivity contribution in [2.45, 2.75) is 37.2 Å². The van der Waals surface area contributed by atoms with Crippen molar-refractivity contribution in [1.29, 1.82) is 0 Å². The standard InChI is InChI=1S/C17H25ClN2O4S.ClH/c1-12-13(2)20(7-6-19-12)25(21,22)17-9-15(18)3-4-16(17)24-11-14-5-8-23-10-14;/h3-4,9,12-14,19H,5-8,10-11H2,1-2H3;1H. The van der Waals surface area contributed by atoms with Crippen molar-refractivity contribution in [3.63, 3.8) is 0 Å². The fourth-order valence-corrected chi connectivity index (χ4v) is 5.32. The summed E-state index contributed by atoms with van der Waals surface area (Å²) in [6, 6.07) is 4.72. The largest absolute Gasteiger partial charge is 0.492 e. The zero-order valence-electron chi connectivity index (χ0n) is 15.0. The number of benzene rings is 1. The van der Waals surface area contributed by atoms with Crippen LogP contribution in [0.2, 0.25) is 5.02 Å². The molecule has 1 aromatic rings. The number of hydrogen-bond acceptors (Lipinski definition) is 5. The van der Waals surface area contributed by atoms with Crippen molar-refractivity contribution >= 4 is 34.0 Å². The van der Waals surface area contributed by atoms with Crippen LogP contribution in [0.25, 0.3) is 0 Å². The molecule has 0 bridgehead atoms. The highest BCUT2D eigenvalue weighted by molar-refractivity contribution is 7.89. The van der Waals surface area contributed by atoms with Crippen LogP contribution in [-0.2, 0) is 14.8 Å². The minimum atomic E-state index is -3.69. The molecule has 0 amide bonds. The van der Waals surface area contributed by atoms with Crippen LogP contribution in [0.4, 0.5) is 0 Å². The van der Waals surface area contributed by atoms with Gasteiger partial charge in [0.05, 0.1) is 13.2 Å². The summed E-state index contributed by atoms with van der Waals surface area (Å²) in [5.74, 6) is 0.652. The third-order valence-electron chi connectivity index (χ3n) is 4.97. The monoisotopic (exact) mass is 424 g/mol. The summed E-state index contributed by atoms with van der Waals surface area (Å²) in [5, 5.41) is 3.68. The number of nitrogens with zero attached hydrogens (tertiary/aromatic N) is 1. The second kappa shape index (κ2) is 9.08. The van der Waals surface area contributed by atoms with E-state index in [1.165, 1.54) is 10.4 Å². The molecule has 2 heterocycles. The van der Waals surface area contributed by atoms with Gasteiger partial charge in [0.1, 0.15) is 10.6 Å². The van der Waals surface area contributed by atoms with Gasteiger partial charge in [0, 0.05) is 42.7 Å². The van der Waals surface area contributed by atoms with E-state index in [2.05, 4.69) is 5.32 Å². The number of hydrogen-bond donors (Lipinski definition) is 1. The molecular weight excluding hydrogens is 399 g/mol. The summed E-state index contributed by atoms with van der Waals surface area (Å²) in [6.07, 6.45) is 0.933. The van der Waals surface area contributed by atoms with Crippen LogP contribution in [0.1, 0.15) is 20.3 Å². The van der Waals surface area contributed by atoms with E-state index < -0.39 is 10.0 Å². The highest BCUT2D eigenvalue weighted by Gasteiger charge is 2.36. The van der Waals surface area contributed by atoms with Crippen molar-refractivity contribution in [3.05, 3.63) is 23.2 Å². The lowest BCUT2D eigenvalue weighted by Crippen LogP contribution is -2.57. The Morgan fingerprint density at radius 1 is 1.38 bits per heavy atom. The predicted molar refractivity (Wildman–Crippen MR) is 104 cm³/mol. The average molecular weight is 425 g/mol. The van der Waals surface area contributed by atoms with Gasteiger partial charge in [-0.2, -0.15) is 4.31 Å². The summed E-state index contributed by atoms with van der Waals surface area (Å²) in [7, 11) is -3.69. The Hall–Kier alpha value is -0.570. The molecule has 1 aromatic carbocycles. The smallest absolute Gasteiger partial charge is 0.247 e. The molecule has 0 aromatic heterocycles. The van der Waals surface area contributed by atoms with Gasteiger partial charge in [0.25, 0.3) is 0 Å². The van der Waals surface area contributed by atoms with Gasteiger partial charge in [-0.25, -0.2) is 8.42 Å². The van der Waals surface area contributed by atoms with Crippen LogP contribution >= 0.6 is 24.0 Å². The van der Waals surface area contributed by atoms with E-state index in [4.69, 9.17) is 21.1 Å². The summed E-state index contributed by atoms with van der Waals surface area (Å²) in [6.45, 7) is 6.78. The molecule has 3 rings (SSSR count). The maximum Gasteiger partial charge on any atom is 0.247 e. The summed E-state index contributed by atoms with van der Waals surface area (Å²) in [4.78, 5) is 0.139. The molecule has 148 valence electrons. The van der Waals surface area contributed by atoms with Crippen LogP contribution in [0.15, 0.2) is 23.1 Å². The molecule has 26 heavy (non-hydrogen) atoms. The molecule has 0 spiro atoms. The molecule has 3 atom stereocenters. The first-order valence-electron chi connectivity index (χ1n) is 8.65. The summed E-state index contributed by atoms with van der Waals surface area (Å²) in [5.41, 5.74) is 0. The Balaban J connectivity index is 0.00000243. The predicted octanol–water partition coefficient (Wildman–Crippen LogP) is 2.55. The Kier molecular flexibility index (Phi) is 7.59. The van der Waals surface area contributed by atoms with E-state index in [-0.39, 0.29) is 29.4 Å². The molecule has 2 aliphatic rings. The van der Waals surface area contributed by atoms with Gasteiger partial charge >= 0.3 is 0 Å². The lowest BCUT2D eigenvalue weighted by Gasteiger charge is -2.37. The van der Waals surface area contributed by atoms with Crippen molar-refractivity contribution in [2.75, 3.05) is 32.9 Å². The Morgan fingerprint density at radius 3 is 2.85 bits per heavy atom. The van der Waals surface area contributed by atoms with Crippen molar-refractivity contribution in [3.8, 4) is 5.75 Å². The fourth-order valence-electron chi connectivity index (χ4n) is 3.22. The van der Waals surface area contributed by atoms with Crippen molar-refractivity contribution in [2.24, 2.45) is 5.92 Å². The number of piperazine rings is 1. The quantitative estimate of drug-likeness (QED) is 0.786. The minimum absolute atomic E-state index is 0. The van der Waals surface area contributed by atoms with Gasteiger partial charge in [-0.1, -0.05) is 11.6 Å². The Morgan fingerprint density at radius 2 is 2.15 bits per heavy atom. The van der Waals surface area contributed by atoms with Gasteiger partial charge in [-0.3, -0.25) is 0 Å². The van der Waals surface area contributed by atoms with Crippen LogP contribution in [0, 0.1) is 5.92 Å². The Bertz CT molecular complexity index is 711. The highest BCUT2D eigenvalue weighted by Crippen LogP contribution is 2.32. The van der Waals surface area contributed by atoms with E-state index in [1.807, 2.05) is 13.8 Å². The molecular formula is C17H26Cl2N2O4S. The first-order chi connectivity index (χ1) is 11.9. The normalized spacial score (nSPS) is 27.1. The third kappa shape index (κ3) is 4.64. The first kappa shape index (κ1) is 21.7. The molecule has 6 nitrogen and oxygen atoms in total. The van der Waals surface area contributed by atoms with Crippen LogP contribution in [0.5, 0.6) is 5.75 Å². The highest BCUT2D eigenvalue weighted by atomic mass is 35.5. The van der Waals surface area contributed by atoms with Gasteiger partial charge in [0.2, 0.25) is 10.0 Å². The van der Waals surface area contributed by atoms with Crippen LogP contribution in [0.3, 0.4) is 0 Å². The lowest BCUT2D eigenvalue weighted by atomic mass is 10.1. The minimum Gasteiger partial charge on any atom is -0.492 e. The van der Waals surface area contributed by atoms with Crippen molar-refractivity contribution < 1.29 is 17.9 Å². The molecule has 2 saturated heterocycles. The summed E-state index contributed by atoms with van der Waals surface area (Å²) >= 11 is 6.08. The maximum absolute atomic E-state index is 13.2. The molecule has 2 fully saturated rings. The van der Waals surface area contributed by atoms with Gasteiger partial charge in [0.15, 0.2) is 0 Å². The number of halogens is 2. The van der Waals surface area contributed by atoms with Gasteiger partial charge in [-0.15, -0.1) is 12.4 Å². The molecule has 0 radical (unpaired) electrons. The molecule has 9 heteroatoms. The number of nitrogens with one attached hydrogen (secondary N) is 1. The topological polar surface area (TPSA) is 67.9 Å². The maximum atomic E-state index is 13.2. The molecule has 1 N–H and O–H groups in total. The second-order valence-corrected chi connectivity index (χ2v) is 9.03. The zero-order chi connectivity index (χ0) is 18.0. The van der Waals surface area contributed by atoms with Gasteiger partial charge in [-0.05, 0) is 38.5 Å². The third-order valence-corrected chi connectivity index (χ3v) is 7.21. The van der Waals surface area contributed by atoms with E-state index in [1.54, 1.807) is 12.1 Å². The van der Waals surface area contributed by atoms with E-state index >= 15 is 0 Å². The Labute approximate surface area is 166 Å². The van der Waals surface area contributed by atoms with Crippen molar-refractivity contribution in [1.82, 2.24) is 9.62 Å². The molecule has 3 unspecified atom stereocenters. The van der Waals surface area contributed by atoms with Crippen LogP contribution in [-0.4, -0.2) is 57.7 Å². The number of sulfonamides is 1. The first-order valence-corrected chi connectivity index (χ1v) is 10.5. The molecule has 0 aliphatic carbocycles.